The molecule has 2 heterocycles. The van der Waals surface area contributed by atoms with Gasteiger partial charge in [0, 0.05) is 18.1 Å². The number of alkyl halides is 3. The van der Waals surface area contributed by atoms with E-state index in [0.717, 1.165) is 0 Å². The predicted octanol–water partition coefficient (Wildman–Crippen LogP) is 0.635. The Balaban J connectivity index is 2.27. The third-order valence-electron chi connectivity index (χ3n) is 2.86. The van der Waals surface area contributed by atoms with Gasteiger partial charge in [0.2, 0.25) is 11.0 Å². The lowest BCUT2D eigenvalue weighted by Gasteiger charge is -2.34. The monoisotopic (exact) mass is 345 g/mol. The Morgan fingerprint density at radius 2 is 2.14 bits per heavy atom. The van der Waals surface area contributed by atoms with E-state index < -0.39 is 46.0 Å². The molecule has 0 saturated carbocycles. The SMILES string of the molecule is O=C(O)CC1CS(=O)(=O)CCN1c1nc(C(F)(F)F)ns1. The van der Waals surface area contributed by atoms with E-state index in [9.17, 15) is 26.4 Å². The normalized spacial score (nSPS) is 22.2. The van der Waals surface area contributed by atoms with Crippen LogP contribution in [-0.2, 0) is 20.8 Å². The molecule has 1 aliphatic rings. The molecule has 0 amide bonds. The van der Waals surface area contributed by atoms with Crippen LogP contribution < -0.4 is 4.90 Å². The number of carboxylic acids is 1. The van der Waals surface area contributed by atoms with Gasteiger partial charge in [-0.2, -0.15) is 22.5 Å². The first-order valence-electron chi connectivity index (χ1n) is 5.68. The Labute approximate surface area is 121 Å². The molecule has 1 aliphatic heterocycles. The molecule has 0 bridgehead atoms. The Bertz CT molecular complexity index is 643. The zero-order chi connectivity index (χ0) is 15.8. The van der Waals surface area contributed by atoms with Crippen LogP contribution in [0.25, 0.3) is 0 Å². The molecular formula is C9H10F3N3O4S2. The summed E-state index contributed by atoms with van der Waals surface area (Å²) in [5.41, 5.74) is 0. The Hall–Kier alpha value is -1.43. The third-order valence-corrected chi connectivity index (χ3v) is 5.31. The molecule has 118 valence electrons. The van der Waals surface area contributed by atoms with E-state index in [4.69, 9.17) is 5.11 Å². The van der Waals surface area contributed by atoms with Crippen molar-refractivity contribution in [1.82, 2.24) is 9.36 Å². The molecule has 1 atom stereocenters. The topological polar surface area (TPSA) is 100 Å². The summed E-state index contributed by atoms with van der Waals surface area (Å²) in [7, 11) is -3.41. The van der Waals surface area contributed by atoms with Crippen LogP contribution in [0.5, 0.6) is 0 Å². The second-order valence-corrected chi connectivity index (χ2v) is 7.42. The Morgan fingerprint density at radius 3 is 2.67 bits per heavy atom. The standard InChI is InChI=1S/C9H10F3N3O4S2/c10-9(11,12)7-13-8(20-14-7)15-1-2-21(18,19)4-5(15)3-6(16)17/h5H,1-4H2,(H,16,17). The number of sulfone groups is 1. The highest BCUT2D eigenvalue weighted by atomic mass is 32.2. The van der Waals surface area contributed by atoms with E-state index in [1.165, 1.54) is 4.90 Å². The molecule has 1 N–H and O–H groups in total. The minimum Gasteiger partial charge on any atom is -0.481 e. The summed E-state index contributed by atoms with van der Waals surface area (Å²) in [5.74, 6) is -3.24. The molecule has 1 aromatic heterocycles. The number of carbonyl (C=O) groups is 1. The lowest BCUT2D eigenvalue weighted by molar-refractivity contribution is -0.144. The first kappa shape index (κ1) is 15.9. The fourth-order valence-electron chi connectivity index (χ4n) is 1.96. The largest absolute Gasteiger partial charge is 0.481 e. The average molecular weight is 345 g/mol. The van der Waals surface area contributed by atoms with Crippen LogP contribution in [-0.4, -0.2) is 52.9 Å². The van der Waals surface area contributed by atoms with E-state index in [-0.39, 0.29) is 17.4 Å². The number of hydrogen-bond donors (Lipinski definition) is 1. The van der Waals surface area contributed by atoms with Crippen LogP contribution in [0, 0.1) is 0 Å². The van der Waals surface area contributed by atoms with Crippen LogP contribution in [0.4, 0.5) is 18.3 Å². The minimum absolute atomic E-state index is 0.104. The lowest BCUT2D eigenvalue weighted by atomic mass is 10.2. The first-order chi connectivity index (χ1) is 9.58. The molecule has 0 spiro atoms. The molecule has 0 aliphatic carbocycles. The van der Waals surface area contributed by atoms with Gasteiger partial charge in [-0.25, -0.2) is 8.42 Å². The van der Waals surface area contributed by atoms with Crippen LogP contribution in [0.2, 0.25) is 0 Å². The molecule has 0 aromatic carbocycles. The molecule has 7 nitrogen and oxygen atoms in total. The summed E-state index contributed by atoms with van der Waals surface area (Å²) in [4.78, 5) is 15.4. The van der Waals surface area contributed by atoms with Crippen molar-refractivity contribution in [2.24, 2.45) is 0 Å². The molecule has 1 saturated heterocycles. The summed E-state index contributed by atoms with van der Waals surface area (Å²) in [6, 6.07) is -0.949. The zero-order valence-electron chi connectivity index (χ0n) is 10.4. The van der Waals surface area contributed by atoms with Crippen molar-refractivity contribution in [1.29, 1.82) is 0 Å². The van der Waals surface area contributed by atoms with Crippen molar-refractivity contribution < 1.29 is 31.5 Å². The molecule has 12 heteroatoms. The third kappa shape index (κ3) is 3.81. The van der Waals surface area contributed by atoms with Crippen LogP contribution in [0.15, 0.2) is 0 Å². The molecule has 21 heavy (non-hydrogen) atoms. The van der Waals surface area contributed by atoms with Gasteiger partial charge in [-0.05, 0) is 0 Å². The highest BCUT2D eigenvalue weighted by Crippen LogP contribution is 2.32. The maximum atomic E-state index is 12.5. The van der Waals surface area contributed by atoms with Gasteiger partial charge in [-0.1, -0.05) is 0 Å². The minimum atomic E-state index is -4.70. The number of halogens is 3. The van der Waals surface area contributed by atoms with Crippen molar-refractivity contribution in [3.05, 3.63) is 5.82 Å². The first-order valence-corrected chi connectivity index (χ1v) is 8.28. The van der Waals surface area contributed by atoms with Crippen molar-refractivity contribution in [3.8, 4) is 0 Å². The summed E-state index contributed by atoms with van der Waals surface area (Å²) >= 11 is 0.471. The Morgan fingerprint density at radius 1 is 1.48 bits per heavy atom. The number of hydrogen-bond acceptors (Lipinski definition) is 7. The summed E-state index contributed by atoms with van der Waals surface area (Å²) in [6.07, 6.45) is -5.20. The predicted molar refractivity (Wildman–Crippen MR) is 67.0 cm³/mol. The van der Waals surface area contributed by atoms with Crippen molar-refractivity contribution in [3.63, 3.8) is 0 Å². The average Bonchev–Trinajstić information content (AvgIpc) is 2.75. The van der Waals surface area contributed by atoms with Gasteiger partial charge >= 0.3 is 12.1 Å². The van der Waals surface area contributed by atoms with Gasteiger partial charge in [-0.15, -0.1) is 0 Å². The van der Waals surface area contributed by atoms with E-state index in [1.807, 2.05) is 0 Å². The molecule has 0 radical (unpaired) electrons. The number of aromatic nitrogens is 2. The number of aliphatic carboxylic acids is 1. The van der Waals surface area contributed by atoms with Gasteiger partial charge in [0.1, 0.15) is 0 Å². The number of carboxylic acid groups (broad SMARTS) is 1. The quantitative estimate of drug-likeness (QED) is 0.858. The fraction of sp³-hybridized carbons (Fsp3) is 0.667. The maximum Gasteiger partial charge on any atom is 0.452 e. The van der Waals surface area contributed by atoms with Crippen LogP contribution in [0.1, 0.15) is 12.2 Å². The van der Waals surface area contributed by atoms with Gasteiger partial charge in [0.05, 0.1) is 24.0 Å². The van der Waals surface area contributed by atoms with Gasteiger partial charge in [-0.3, -0.25) is 4.79 Å². The summed E-state index contributed by atoms with van der Waals surface area (Å²) in [5, 5.41) is 8.68. The highest BCUT2D eigenvalue weighted by Gasteiger charge is 2.39. The Kier molecular flexibility index (Phi) is 4.10. The highest BCUT2D eigenvalue weighted by molar-refractivity contribution is 7.91. The van der Waals surface area contributed by atoms with Crippen molar-refractivity contribution in [2.45, 2.75) is 18.6 Å². The lowest BCUT2D eigenvalue weighted by Crippen LogP contribution is -2.49. The molecule has 1 fully saturated rings. The molecule has 2 rings (SSSR count). The van der Waals surface area contributed by atoms with Crippen molar-refractivity contribution >= 4 is 32.5 Å². The van der Waals surface area contributed by atoms with Gasteiger partial charge < -0.3 is 10.0 Å². The fourth-order valence-corrected chi connectivity index (χ4v) is 4.27. The van der Waals surface area contributed by atoms with E-state index in [0.29, 0.717) is 11.5 Å². The smallest absolute Gasteiger partial charge is 0.452 e. The van der Waals surface area contributed by atoms with E-state index >= 15 is 0 Å². The van der Waals surface area contributed by atoms with Crippen molar-refractivity contribution in [2.75, 3.05) is 23.0 Å². The van der Waals surface area contributed by atoms with Crippen LogP contribution in [0.3, 0.4) is 0 Å². The second-order valence-electron chi connectivity index (χ2n) is 4.46. The molecular weight excluding hydrogens is 335 g/mol. The van der Waals surface area contributed by atoms with Gasteiger partial charge in [0.25, 0.3) is 0 Å². The second kappa shape index (κ2) is 5.40. The van der Waals surface area contributed by atoms with E-state index in [2.05, 4.69) is 9.36 Å². The number of anilines is 1. The zero-order valence-corrected chi connectivity index (χ0v) is 12.0. The maximum absolute atomic E-state index is 12.5. The summed E-state index contributed by atoms with van der Waals surface area (Å²) < 4.78 is 63.7. The summed E-state index contributed by atoms with van der Waals surface area (Å²) in [6.45, 7) is -0.104. The van der Waals surface area contributed by atoms with Gasteiger partial charge in [0.15, 0.2) is 9.84 Å². The molecule has 1 aromatic rings. The number of rotatable bonds is 3. The van der Waals surface area contributed by atoms with Crippen LogP contribution >= 0.6 is 11.5 Å². The van der Waals surface area contributed by atoms with E-state index in [1.54, 1.807) is 0 Å². The molecule has 1 unspecified atom stereocenters. The number of nitrogens with zero attached hydrogens (tertiary/aromatic N) is 3.